The second-order valence-electron chi connectivity index (χ2n) is 8.12. The average molecular weight is 402 g/mol. The van der Waals surface area contributed by atoms with Crippen LogP contribution in [0.15, 0.2) is 48.5 Å². The van der Waals surface area contributed by atoms with Gasteiger partial charge in [-0.05, 0) is 49.2 Å². The number of ether oxygens (including phenoxy) is 1. The largest absolute Gasteiger partial charge is 0.489 e. The Balaban J connectivity index is 1.42. The molecule has 30 heavy (non-hydrogen) atoms. The van der Waals surface area contributed by atoms with Crippen molar-refractivity contribution in [1.29, 1.82) is 0 Å². The van der Waals surface area contributed by atoms with Crippen molar-refractivity contribution in [2.24, 2.45) is 0 Å². The summed E-state index contributed by atoms with van der Waals surface area (Å²) in [5.41, 5.74) is 11.9. The fourth-order valence-corrected chi connectivity index (χ4v) is 4.32. The quantitative estimate of drug-likeness (QED) is 0.724. The maximum absolute atomic E-state index is 6.13. The smallest absolute Gasteiger partial charge is 0.222 e. The number of piperazine rings is 1. The van der Waals surface area contributed by atoms with Gasteiger partial charge in [-0.2, -0.15) is 4.98 Å². The number of rotatable bonds is 4. The third-order valence-corrected chi connectivity index (χ3v) is 6.03. The molecule has 3 aromatic rings. The Morgan fingerprint density at radius 3 is 2.57 bits per heavy atom. The molecule has 6 nitrogen and oxygen atoms in total. The minimum atomic E-state index is 0.347. The second-order valence-corrected chi connectivity index (χ2v) is 8.12. The van der Waals surface area contributed by atoms with Gasteiger partial charge < -0.3 is 20.3 Å². The molecule has 0 atom stereocenters. The molecule has 0 radical (unpaired) electrons. The van der Waals surface area contributed by atoms with Crippen LogP contribution in [-0.4, -0.2) is 48.1 Å². The standard InChI is InChI=1S/C24H27N5O/c1-28-11-13-29(14-12-28)23-21-9-7-18-15-19(30-16-17-5-3-2-4-6-17)8-10-20(18)22(21)26-24(25)27-23/h2-6,8,10,15H,7,9,11-14,16H2,1H3,(H2,25,26,27). The predicted molar refractivity (Wildman–Crippen MR) is 120 cm³/mol. The molecule has 2 aliphatic rings. The van der Waals surface area contributed by atoms with Crippen LogP contribution >= 0.6 is 0 Å². The number of nitrogens with zero attached hydrogens (tertiary/aromatic N) is 4. The van der Waals surface area contributed by atoms with E-state index in [-0.39, 0.29) is 0 Å². The fraction of sp³-hybridized carbons (Fsp3) is 0.333. The van der Waals surface area contributed by atoms with Crippen LogP contribution in [0.3, 0.4) is 0 Å². The highest BCUT2D eigenvalue weighted by molar-refractivity contribution is 5.76. The Morgan fingerprint density at radius 1 is 0.967 bits per heavy atom. The summed E-state index contributed by atoms with van der Waals surface area (Å²) in [5.74, 6) is 2.25. The minimum Gasteiger partial charge on any atom is -0.489 e. The molecule has 1 aliphatic heterocycles. The molecule has 2 heterocycles. The summed E-state index contributed by atoms with van der Waals surface area (Å²) >= 11 is 0. The molecule has 0 spiro atoms. The molecular formula is C24H27N5O. The third kappa shape index (κ3) is 3.71. The van der Waals surface area contributed by atoms with Crippen LogP contribution in [0.4, 0.5) is 11.8 Å². The van der Waals surface area contributed by atoms with E-state index in [2.05, 4.69) is 51.1 Å². The lowest BCUT2D eigenvalue weighted by atomic mass is 9.88. The van der Waals surface area contributed by atoms with E-state index in [1.807, 2.05) is 24.3 Å². The number of nitrogen functional groups attached to an aromatic ring is 1. The van der Waals surface area contributed by atoms with Crippen molar-refractivity contribution in [2.45, 2.75) is 19.4 Å². The van der Waals surface area contributed by atoms with Crippen molar-refractivity contribution >= 4 is 11.8 Å². The SMILES string of the molecule is CN1CCN(c2nc(N)nc3c2CCc2cc(OCc4ccccc4)ccc2-3)CC1. The van der Waals surface area contributed by atoms with E-state index in [1.165, 1.54) is 11.1 Å². The van der Waals surface area contributed by atoms with E-state index in [0.29, 0.717) is 12.6 Å². The van der Waals surface area contributed by atoms with Crippen LogP contribution in [0.5, 0.6) is 5.75 Å². The lowest BCUT2D eigenvalue weighted by molar-refractivity contribution is 0.306. The Hall–Kier alpha value is -3.12. The summed E-state index contributed by atoms with van der Waals surface area (Å²) in [6.07, 6.45) is 1.88. The van der Waals surface area contributed by atoms with E-state index < -0.39 is 0 Å². The Labute approximate surface area is 177 Å². The molecule has 0 saturated carbocycles. The molecule has 5 rings (SSSR count). The predicted octanol–water partition coefficient (Wildman–Crippen LogP) is 3.16. The highest BCUT2D eigenvalue weighted by atomic mass is 16.5. The number of nitrogens with two attached hydrogens (primary N) is 1. The van der Waals surface area contributed by atoms with Crippen molar-refractivity contribution in [2.75, 3.05) is 43.9 Å². The maximum Gasteiger partial charge on any atom is 0.222 e. The van der Waals surface area contributed by atoms with E-state index in [9.17, 15) is 0 Å². The van der Waals surface area contributed by atoms with E-state index in [1.54, 1.807) is 0 Å². The van der Waals surface area contributed by atoms with Crippen molar-refractivity contribution in [3.63, 3.8) is 0 Å². The van der Waals surface area contributed by atoms with Gasteiger partial charge in [-0.1, -0.05) is 30.3 Å². The summed E-state index contributed by atoms with van der Waals surface area (Å²) in [4.78, 5) is 14.0. The summed E-state index contributed by atoms with van der Waals surface area (Å²) in [5, 5.41) is 0. The van der Waals surface area contributed by atoms with Crippen molar-refractivity contribution in [3.05, 3.63) is 65.2 Å². The normalized spacial score (nSPS) is 16.1. The molecule has 1 saturated heterocycles. The first-order valence-electron chi connectivity index (χ1n) is 10.6. The van der Waals surface area contributed by atoms with E-state index >= 15 is 0 Å². The van der Waals surface area contributed by atoms with Crippen LogP contribution in [0.1, 0.15) is 16.7 Å². The minimum absolute atomic E-state index is 0.347. The Kier molecular flexibility index (Phi) is 5.01. The molecule has 1 aliphatic carbocycles. The van der Waals surface area contributed by atoms with Crippen LogP contribution in [0.25, 0.3) is 11.3 Å². The van der Waals surface area contributed by atoms with Gasteiger partial charge in [0.05, 0.1) is 5.69 Å². The van der Waals surface area contributed by atoms with Crippen LogP contribution in [-0.2, 0) is 19.4 Å². The zero-order chi connectivity index (χ0) is 20.5. The number of likely N-dealkylation sites (N-methyl/N-ethyl adjacent to an activating group) is 1. The highest BCUT2D eigenvalue weighted by Crippen LogP contribution is 2.38. The number of aryl methyl sites for hydroxylation is 1. The molecule has 2 aromatic carbocycles. The maximum atomic E-state index is 6.13. The summed E-state index contributed by atoms with van der Waals surface area (Å²) in [6.45, 7) is 4.59. The number of anilines is 2. The molecule has 6 heteroatoms. The lowest BCUT2D eigenvalue weighted by Crippen LogP contribution is -2.45. The van der Waals surface area contributed by atoms with Crippen molar-refractivity contribution in [1.82, 2.24) is 14.9 Å². The first-order valence-corrected chi connectivity index (χ1v) is 10.6. The van der Waals surface area contributed by atoms with Crippen molar-refractivity contribution in [3.8, 4) is 17.0 Å². The van der Waals surface area contributed by atoms with Gasteiger partial charge in [0, 0.05) is 37.3 Å². The van der Waals surface area contributed by atoms with Crippen LogP contribution in [0.2, 0.25) is 0 Å². The summed E-state index contributed by atoms with van der Waals surface area (Å²) < 4.78 is 6.03. The summed E-state index contributed by atoms with van der Waals surface area (Å²) in [6, 6.07) is 16.5. The molecule has 0 unspecified atom stereocenters. The van der Waals surface area contributed by atoms with Crippen LogP contribution in [0, 0.1) is 0 Å². The number of hydrogen-bond acceptors (Lipinski definition) is 6. The Bertz CT molecular complexity index is 1040. The Morgan fingerprint density at radius 2 is 1.77 bits per heavy atom. The molecule has 154 valence electrons. The third-order valence-electron chi connectivity index (χ3n) is 6.03. The topological polar surface area (TPSA) is 67.5 Å². The molecule has 1 aromatic heterocycles. The van der Waals surface area contributed by atoms with E-state index in [4.69, 9.17) is 10.5 Å². The number of fused-ring (bicyclic) bond motifs is 3. The molecule has 2 N–H and O–H groups in total. The van der Waals surface area contributed by atoms with Gasteiger partial charge in [0.2, 0.25) is 5.95 Å². The molecular weight excluding hydrogens is 374 g/mol. The van der Waals surface area contributed by atoms with Crippen molar-refractivity contribution < 1.29 is 4.74 Å². The van der Waals surface area contributed by atoms with E-state index in [0.717, 1.165) is 67.4 Å². The molecule has 0 amide bonds. The van der Waals surface area contributed by atoms with Gasteiger partial charge in [-0.3, -0.25) is 0 Å². The first kappa shape index (κ1) is 18.9. The molecule has 1 fully saturated rings. The highest BCUT2D eigenvalue weighted by Gasteiger charge is 2.26. The van der Waals surface area contributed by atoms with Gasteiger partial charge in [-0.25, -0.2) is 4.98 Å². The monoisotopic (exact) mass is 401 g/mol. The number of benzene rings is 2. The second kappa shape index (κ2) is 7.95. The average Bonchev–Trinajstić information content (AvgIpc) is 2.78. The van der Waals surface area contributed by atoms with Gasteiger partial charge in [-0.15, -0.1) is 0 Å². The number of hydrogen-bond donors (Lipinski definition) is 1. The lowest BCUT2D eigenvalue weighted by Gasteiger charge is -2.35. The van der Waals surface area contributed by atoms with Crippen LogP contribution < -0.4 is 15.4 Å². The van der Waals surface area contributed by atoms with Gasteiger partial charge in [0.1, 0.15) is 18.2 Å². The fourth-order valence-electron chi connectivity index (χ4n) is 4.32. The molecule has 0 bridgehead atoms. The van der Waals surface area contributed by atoms with Gasteiger partial charge in [0.25, 0.3) is 0 Å². The first-order chi connectivity index (χ1) is 14.7. The zero-order valence-electron chi connectivity index (χ0n) is 17.3. The summed E-state index contributed by atoms with van der Waals surface area (Å²) in [7, 11) is 2.16. The van der Waals surface area contributed by atoms with Gasteiger partial charge in [0.15, 0.2) is 0 Å². The van der Waals surface area contributed by atoms with Gasteiger partial charge >= 0.3 is 0 Å². The zero-order valence-corrected chi connectivity index (χ0v) is 17.3. The number of aromatic nitrogens is 2.